The van der Waals surface area contributed by atoms with E-state index in [0.29, 0.717) is 11.0 Å². The van der Waals surface area contributed by atoms with Crippen LogP contribution in [0.5, 0.6) is 0 Å². The fourth-order valence-corrected chi connectivity index (χ4v) is 2.44. The van der Waals surface area contributed by atoms with Gasteiger partial charge < -0.3 is 9.47 Å². The van der Waals surface area contributed by atoms with Crippen molar-refractivity contribution in [3.63, 3.8) is 0 Å². The van der Waals surface area contributed by atoms with Gasteiger partial charge in [0, 0.05) is 0 Å². The maximum absolute atomic E-state index is 14.2. The van der Waals surface area contributed by atoms with Crippen molar-refractivity contribution in [3.05, 3.63) is 36.0 Å². The van der Waals surface area contributed by atoms with Gasteiger partial charge in [0.2, 0.25) is 5.95 Å². The lowest BCUT2D eigenvalue weighted by molar-refractivity contribution is 0.0598. The van der Waals surface area contributed by atoms with Crippen molar-refractivity contribution in [3.8, 4) is 0 Å². The molecule has 136 valence electrons. The quantitative estimate of drug-likeness (QED) is 0.706. The van der Waals surface area contributed by atoms with Gasteiger partial charge in [-0.05, 0) is 39.0 Å². The Labute approximate surface area is 147 Å². The van der Waals surface area contributed by atoms with E-state index in [-0.39, 0.29) is 16.9 Å². The van der Waals surface area contributed by atoms with Crippen molar-refractivity contribution in [1.29, 1.82) is 0 Å². The van der Waals surface area contributed by atoms with Crippen molar-refractivity contribution < 1.29 is 23.5 Å². The third-order valence-electron chi connectivity index (χ3n) is 3.45. The van der Waals surface area contributed by atoms with Gasteiger partial charge in [0.05, 0.1) is 23.7 Å². The van der Waals surface area contributed by atoms with E-state index in [2.05, 4.69) is 15.3 Å². The monoisotopic (exact) mass is 360 g/mol. The highest BCUT2D eigenvalue weighted by atomic mass is 19.1. The molecule has 0 aliphatic heterocycles. The number of benzene rings is 1. The molecule has 2 heterocycles. The molecule has 9 heteroatoms. The topological polar surface area (TPSA) is 94.8 Å². The molecule has 2 aromatic heterocycles. The van der Waals surface area contributed by atoms with Crippen molar-refractivity contribution in [1.82, 2.24) is 14.4 Å². The Hall–Kier alpha value is -3.23. The van der Waals surface area contributed by atoms with E-state index in [1.165, 1.54) is 30.0 Å². The Morgan fingerprint density at radius 3 is 2.65 bits per heavy atom. The number of hydrogen-bond acceptors (Lipinski definition) is 6. The first-order chi connectivity index (χ1) is 12.2. The molecule has 0 unspecified atom stereocenters. The standard InChI is InChI=1S/C17H17FN4O4/c1-17(2,3)26-16(24)21-14-12-13(18)19-8-22(12)11-7-9(15(23)25-4)5-6-10(11)20-14/h5-8H,1-4H3,(H,20,21,24). The van der Waals surface area contributed by atoms with E-state index >= 15 is 0 Å². The Morgan fingerprint density at radius 2 is 2.00 bits per heavy atom. The first-order valence-electron chi connectivity index (χ1n) is 7.74. The van der Waals surface area contributed by atoms with Gasteiger partial charge in [-0.2, -0.15) is 4.39 Å². The molecule has 0 radical (unpaired) electrons. The van der Waals surface area contributed by atoms with E-state index in [4.69, 9.17) is 9.47 Å². The largest absolute Gasteiger partial charge is 0.465 e. The first-order valence-corrected chi connectivity index (χ1v) is 7.74. The van der Waals surface area contributed by atoms with Crippen LogP contribution in [0.2, 0.25) is 0 Å². The van der Waals surface area contributed by atoms with E-state index < -0.39 is 23.6 Å². The smallest absolute Gasteiger partial charge is 0.413 e. The van der Waals surface area contributed by atoms with Crippen LogP contribution in [0.3, 0.4) is 0 Å². The fourth-order valence-electron chi connectivity index (χ4n) is 2.44. The minimum absolute atomic E-state index is 0.0347. The average Bonchev–Trinajstić information content (AvgIpc) is 2.94. The van der Waals surface area contributed by atoms with Gasteiger partial charge in [-0.15, -0.1) is 0 Å². The molecule has 1 aromatic carbocycles. The summed E-state index contributed by atoms with van der Waals surface area (Å²) in [6, 6.07) is 4.61. The Kier molecular flexibility index (Phi) is 4.23. The fraction of sp³-hybridized carbons (Fsp3) is 0.294. The lowest BCUT2D eigenvalue weighted by Crippen LogP contribution is -2.27. The number of nitrogens with one attached hydrogen (secondary N) is 1. The number of methoxy groups -OCH3 is 1. The Bertz CT molecular complexity index is 1020. The van der Waals surface area contributed by atoms with Crippen molar-refractivity contribution in [2.24, 2.45) is 0 Å². The molecule has 1 N–H and O–H groups in total. The minimum atomic E-state index is -0.811. The summed E-state index contributed by atoms with van der Waals surface area (Å²) in [6.07, 6.45) is 0.480. The predicted octanol–water partition coefficient (Wildman–Crippen LogP) is 3.16. The number of carbonyl (C=O) groups is 2. The van der Waals surface area contributed by atoms with Gasteiger partial charge >= 0.3 is 12.1 Å². The molecule has 0 fully saturated rings. The zero-order valence-electron chi connectivity index (χ0n) is 14.7. The number of aromatic nitrogens is 3. The van der Waals surface area contributed by atoms with Gasteiger partial charge in [0.25, 0.3) is 0 Å². The second-order valence-electron chi connectivity index (χ2n) is 6.54. The molecule has 0 aliphatic carbocycles. The number of amides is 1. The predicted molar refractivity (Wildman–Crippen MR) is 91.6 cm³/mol. The number of hydrogen-bond donors (Lipinski definition) is 1. The van der Waals surface area contributed by atoms with Gasteiger partial charge in [0.15, 0.2) is 5.82 Å². The Balaban J connectivity index is 2.13. The van der Waals surface area contributed by atoms with Crippen LogP contribution in [-0.4, -0.2) is 39.1 Å². The maximum atomic E-state index is 14.2. The van der Waals surface area contributed by atoms with E-state index in [1.54, 1.807) is 26.8 Å². The van der Waals surface area contributed by atoms with Crippen LogP contribution >= 0.6 is 0 Å². The number of nitrogens with zero attached hydrogens (tertiary/aromatic N) is 3. The maximum Gasteiger partial charge on any atom is 0.413 e. The highest BCUT2D eigenvalue weighted by Gasteiger charge is 2.21. The first kappa shape index (κ1) is 17.6. The molecule has 1 amide bonds. The third-order valence-corrected chi connectivity index (χ3v) is 3.45. The van der Waals surface area contributed by atoms with Crippen LogP contribution < -0.4 is 5.32 Å². The van der Waals surface area contributed by atoms with Gasteiger partial charge in [-0.1, -0.05) is 0 Å². The van der Waals surface area contributed by atoms with Crippen molar-refractivity contribution in [2.45, 2.75) is 26.4 Å². The van der Waals surface area contributed by atoms with Crippen molar-refractivity contribution >= 4 is 34.4 Å². The summed E-state index contributed by atoms with van der Waals surface area (Å²) in [7, 11) is 1.27. The van der Waals surface area contributed by atoms with Crippen LogP contribution in [0.1, 0.15) is 31.1 Å². The van der Waals surface area contributed by atoms with E-state index in [0.717, 1.165) is 0 Å². The van der Waals surface area contributed by atoms with Gasteiger partial charge in [-0.3, -0.25) is 9.72 Å². The lowest BCUT2D eigenvalue weighted by atomic mass is 10.2. The number of imidazole rings is 1. The number of ether oxygens (including phenoxy) is 2. The highest BCUT2D eigenvalue weighted by Crippen LogP contribution is 2.25. The molecule has 0 spiro atoms. The molecule has 0 saturated heterocycles. The van der Waals surface area contributed by atoms with Crippen LogP contribution in [0.4, 0.5) is 15.0 Å². The summed E-state index contributed by atoms with van der Waals surface area (Å²) in [5, 5.41) is 2.44. The SMILES string of the molecule is COC(=O)c1ccc2nc(NC(=O)OC(C)(C)C)c3c(F)ncn3c2c1. The normalized spacial score (nSPS) is 11.6. The minimum Gasteiger partial charge on any atom is -0.465 e. The summed E-state index contributed by atoms with van der Waals surface area (Å²) < 4.78 is 25.5. The van der Waals surface area contributed by atoms with Crippen molar-refractivity contribution in [2.75, 3.05) is 12.4 Å². The second-order valence-corrected chi connectivity index (χ2v) is 6.54. The molecular formula is C17H17FN4O4. The summed E-state index contributed by atoms with van der Waals surface area (Å²) in [6.45, 7) is 5.14. The molecule has 26 heavy (non-hydrogen) atoms. The number of fused-ring (bicyclic) bond motifs is 3. The zero-order chi connectivity index (χ0) is 19.1. The third kappa shape index (κ3) is 3.28. The van der Waals surface area contributed by atoms with Crippen LogP contribution in [0.15, 0.2) is 24.5 Å². The molecule has 3 rings (SSSR count). The summed E-state index contributed by atoms with van der Waals surface area (Å²) in [4.78, 5) is 31.7. The second kappa shape index (κ2) is 6.25. The molecule has 3 aromatic rings. The van der Waals surface area contributed by atoms with Gasteiger partial charge in [0.1, 0.15) is 17.4 Å². The molecule has 0 aliphatic rings. The molecular weight excluding hydrogens is 343 g/mol. The number of carbonyl (C=O) groups excluding carboxylic acids is 2. The highest BCUT2D eigenvalue weighted by molar-refractivity contribution is 5.96. The number of rotatable bonds is 2. The summed E-state index contributed by atoms with van der Waals surface area (Å²) in [5.41, 5.74) is 0.392. The molecule has 8 nitrogen and oxygen atoms in total. The lowest BCUT2D eigenvalue weighted by Gasteiger charge is -2.19. The van der Waals surface area contributed by atoms with E-state index in [9.17, 15) is 14.0 Å². The zero-order valence-corrected chi connectivity index (χ0v) is 14.7. The number of anilines is 1. The van der Waals surface area contributed by atoms with Crippen LogP contribution in [-0.2, 0) is 9.47 Å². The average molecular weight is 360 g/mol. The molecule has 0 bridgehead atoms. The van der Waals surface area contributed by atoms with Gasteiger partial charge in [-0.25, -0.2) is 19.6 Å². The number of esters is 1. The van der Waals surface area contributed by atoms with E-state index in [1.807, 2.05) is 0 Å². The summed E-state index contributed by atoms with van der Waals surface area (Å²) >= 11 is 0. The summed E-state index contributed by atoms with van der Waals surface area (Å²) in [5.74, 6) is -1.38. The Morgan fingerprint density at radius 1 is 1.27 bits per heavy atom. The molecule has 0 atom stereocenters. The number of halogens is 1. The van der Waals surface area contributed by atoms with Crippen LogP contribution in [0.25, 0.3) is 16.6 Å². The molecule has 0 saturated carbocycles. The van der Waals surface area contributed by atoms with Crippen LogP contribution in [0, 0.1) is 5.95 Å².